The highest BCUT2D eigenvalue weighted by molar-refractivity contribution is 7.99. The summed E-state index contributed by atoms with van der Waals surface area (Å²) >= 11 is 1.51. The summed E-state index contributed by atoms with van der Waals surface area (Å²) < 4.78 is 0. The predicted octanol–water partition coefficient (Wildman–Crippen LogP) is 3.56. The van der Waals surface area contributed by atoms with Gasteiger partial charge in [0.15, 0.2) is 10.6 Å². The van der Waals surface area contributed by atoms with Crippen LogP contribution >= 0.6 is 11.8 Å². The van der Waals surface area contributed by atoms with Gasteiger partial charge in [0.05, 0.1) is 16.6 Å². The molecule has 5 heteroatoms. The summed E-state index contributed by atoms with van der Waals surface area (Å²) in [6, 6.07) is 15.2. The van der Waals surface area contributed by atoms with Crippen LogP contribution in [0.2, 0.25) is 0 Å². The second-order valence-corrected chi connectivity index (χ2v) is 5.71. The number of hydrogen-bond donors (Lipinski definition) is 2. The van der Waals surface area contributed by atoms with Gasteiger partial charge in [-0.1, -0.05) is 18.2 Å². The maximum absolute atomic E-state index is 11.9. The van der Waals surface area contributed by atoms with Crippen LogP contribution in [0.4, 0.5) is 0 Å². The first kappa shape index (κ1) is 12.2. The van der Waals surface area contributed by atoms with Gasteiger partial charge in [0.2, 0.25) is 0 Å². The topological polar surface area (TPSA) is 61.5 Å². The molecule has 2 N–H and O–H groups in total. The van der Waals surface area contributed by atoms with Crippen molar-refractivity contribution in [3.8, 4) is 0 Å². The van der Waals surface area contributed by atoms with E-state index in [0.717, 1.165) is 26.6 Å². The second kappa shape index (κ2) is 4.79. The minimum absolute atomic E-state index is 0.0239. The van der Waals surface area contributed by atoms with Crippen molar-refractivity contribution >= 4 is 33.7 Å². The van der Waals surface area contributed by atoms with Gasteiger partial charge in [0, 0.05) is 22.5 Å². The highest BCUT2D eigenvalue weighted by Crippen LogP contribution is 2.30. The quantitative estimate of drug-likeness (QED) is 0.594. The highest BCUT2D eigenvalue weighted by Gasteiger charge is 2.08. The Kier molecular flexibility index (Phi) is 2.79. The summed E-state index contributed by atoms with van der Waals surface area (Å²) in [4.78, 5) is 23.8. The normalized spacial score (nSPS) is 11.2. The second-order valence-electron chi connectivity index (χ2n) is 4.68. The number of fused-ring (bicyclic) bond motifs is 2. The Morgan fingerprint density at radius 1 is 1.00 bits per heavy atom. The van der Waals surface area contributed by atoms with Crippen LogP contribution in [0.15, 0.2) is 69.6 Å². The highest BCUT2D eigenvalue weighted by atomic mass is 32.2. The van der Waals surface area contributed by atoms with Gasteiger partial charge in [-0.3, -0.25) is 4.79 Å². The standard InChI is InChI=1S/C16H11N3OS/c20-13-8-9-17-15-10(13)4-3-7-14(15)21-16-18-11-5-1-2-6-12(11)19-16/h1-9H,(H,17,20)(H,18,19). The third-order valence-corrected chi connectivity index (χ3v) is 4.28. The lowest BCUT2D eigenvalue weighted by Crippen LogP contribution is -2.00. The number of para-hydroxylation sites is 3. The summed E-state index contributed by atoms with van der Waals surface area (Å²) in [5.41, 5.74) is 2.81. The molecule has 0 aliphatic heterocycles. The Morgan fingerprint density at radius 2 is 1.90 bits per heavy atom. The molecule has 0 atom stereocenters. The van der Waals surface area contributed by atoms with E-state index in [9.17, 15) is 4.79 Å². The number of hydrogen-bond acceptors (Lipinski definition) is 3. The molecule has 0 saturated heterocycles. The summed E-state index contributed by atoms with van der Waals surface area (Å²) in [5, 5.41) is 1.51. The molecule has 0 fully saturated rings. The van der Waals surface area contributed by atoms with Gasteiger partial charge in [-0.05, 0) is 36.0 Å². The lowest BCUT2D eigenvalue weighted by molar-refractivity contribution is 1.08. The van der Waals surface area contributed by atoms with Gasteiger partial charge in [0.25, 0.3) is 0 Å². The molecule has 0 bridgehead atoms. The molecule has 0 unspecified atom stereocenters. The number of aromatic amines is 2. The molecular formula is C16H11N3OS. The van der Waals surface area contributed by atoms with E-state index in [-0.39, 0.29) is 5.43 Å². The molecule has 0 aliphatic carbocycles. The Hall–Kier alpha value is -2.53. The van der Waals surface area contributed by atoms with E-state index in [0.29, 0.717) is 5.39 Å². The molecule has 0 spiro atoms. The number of aromatic nitrogens is 3. The van der Waals surface area contributed by atoms with Crippen molar-refractivity contribution in [2.75, 3.05) is 0 Å². The average molecular weight is 293 g/mol. The maximum Gasteiger partial charge on any atom is 0.189 e. The van der Waals surface area contributed by atoms with E-state index in [4.69, 9.17) is 0 Å². The zero-order valence-electron chi connectivity index (χ0n) is 11.0. The van der Waals surface area contributed by atoms with Crippen LogP contribution in [0.5, 0.6) is 0 Å². The first-order valence-electron chi connectivity index (χ1n) is 6.54. The van der Waals surface area contributed by atoms with Crippen molar-refractivity contribution in [2.45, 2.75) is 10.1 Å². The van der Waals surface area contributed by atoms with Crippen molar-refractivity contribution in [2.24, 2.45) is 0 Å². The van der Waals surface area contributed by atoms with Crippen LogP contribution in [0.3, 0.4) is 0 Å². The van der Waals surface area contributed by atoms with E-state index in [1.165, 1.54) is 17.8 Å². The molecule has 2 aromatic carbocycles. The monoisotopic (exact) mass is 293 g/mol. The van der Waals surface area contributed by atoms with Crippen molar-refractivity contribution in [3.05, 3.63) is 65.0 Å². The van der Waals surface area contributed by atoms with Crippen molar-refractivity contribution in [1.29, 1.82) is 0 Å². The fraction of sp³-hybridized carbons (Fsp3) is 0. The number of nitrogens with zero attached hydrogens (tertiary/aromatic N) is 1. The number of H-pyrrole nitrogens is 2. The molecule has 2 aromatic heterocycles. The zero-order valence-corrected chi connectivity index (χ0v) is 11.8. The molecule has 2 heterocycles. The van der Waals surface area contributed by atoms with Crippen LogP contribution in [0.25, 0.3) is 21.9 Å². The van der Waals surface area contributed by atoms with Crippen molar-refractivity contribution in [1.82, 2.24) is 15.0 Å². The maximum atomic E-state index is 11.9. The lowest BCUT2D eigenvalue weighted by atomic mass is 10.2. The van der Waals surface area contributed by atoms with Crippen LogP contribution < -0.4 is 5.43 Å². The summed E-state index contributed by atoms with van der Waals surface area (Å²) in [6.45, 7) is 0. The average Bonchev–Trinajstić information content (AvgIpc) is 2.90. The van der Waals surface area contributed by atoms with Gasteiger partial charge in [0.1, 0.15) is 0 Å². The van der Waals surface area contributed by atoms with Gasteiger partial charge in [-0.15, -0.1) is 0 Å². The molecule has 0 amide bonds. The Morgan fingerprint density at radius 3 is 2.81 bits per heavy atom. The fourth-order valence-electron chi connectivity index (χ4n) is 2.34. The van der Waals surface area contributed by atoms with Gasteiger partial charge in [-0.25, -0.2) is 4.98 Å². The Labute approximate surface area is 124 Å². The van der Waals surface area contributed by atoms with Crippen LogP contribution in [0, 0.1) is 0 Å². The third-order valence-electron chi connectivity index (χ3n) is 3.33. The van der Waals surface area contributed by atoms with Crippen LogP contribution in [-0.4, -0.2) is 15.0 Å². The Balaban J connectivity index is 1.84. The predicted molar refractivity (Wildman–Crippen MR) is 84.8 cm³/mol. The summed E-state index contributed by atoms with van der Waals surface area (Å²) in [6.07, 6.45) is 1.67. The zero-order chi connectivity index (χ0) is 14.2. The smallest absolute Gasteiger partial charge is 0.189 e. The molecule has 4 rings (SSSR count). The van der Waals surface area contributed by atoms with E-state index in [2.05, 4.69) is 15.0 Å². The molecule has 0 saturated carbocycles. The molecule has 102 valence electrons. The SMILES string of the molecule is O=c1cc[nH]c2c(Sc3nc4ccccc4[nH]3)cccc12. The third kappa shape index (κ3) is 2.11. The van der Waals surface area contributed by atoms with Gasteiger partial charge >= 0.3 is 0 Å². The largest absolute Gasteiger partial charge is 0.360 e. The number of imidazole rings is 1. The minimum atomic E-state index is 0.0239. The van der Waals surface area contributed by atoms with E-state index in [1.807, 2.05) is 42.5 Å². The van der Waals surface area contributed by atoms with Gasteiger partial charge in [-0.2, -0.15) is 0 Å². The number of nitrogens with one attached hydrogen (secondary N) is 2. The summed E-state index contributed by atoms with van der Waals surface area (Å²) in [7, 11) is 0. The van der Waals surface area contributed by atoms with E-state index >= 15 is 0 Å². The first-order chi connectivity index (χ1) is 10.3. The number of rotatable bonds is 2. The molecule has 0 radical (unpaired) electrons. The number of pyridine rings is 1. The van der Waals surface area contributed by atoms with E-state index in [1.54, 1.807) is 6.20 Å². The molecule has 4 aromatic rings. The van der Waals surface area contributed by atoms with E-state index < -0.39 is 0 Å². The molecular weight excluding hydrogens is 282 g/mol. The minimum Gasteiger partial charge on any atom is -0.360 e. The van der Waals surface area contributed by atoms with Crippen molar-refractivity contribution in [3.63, 3.8) is 0 Å². The Bertz CT molecular complexity index is 970. The lowest BCUT2D eigenvalue weighted by Gasteiger charge is -2.03. The van der Waals surface area contributed by atoms with Crippen molar-refractivity contribution < 1.29 is 0 Å². The molecule has 0 aliphatic rings. The molecule has 21 heavy (non-hydrogen) atoms. The van der Waals surface area contributed by atoms with Gasteiger partial charge < -0.3 is 9.97 Å². The first-order valence-corrected chi connectivity index (χ1v) is 7.36. The summed E-state index contributed by atoms with van der Waals surface area (Å²) in [5.74, 6) is 0. The number of benzene rings is 2. The van der Waals surface area contributed by atoms with Crippen LogP contribution in [0.1, 0.15) is 0 Å². The molecule has 4 nitrogen and oxygen atoms in total. The fourth-order valence-corrected chi connectivity index (χ4v) is 3.27. The van der Waals surface area contributed by atoms with Crippen LogP contribution in [-0.2, 0) is 0 Å².